The number of hydrogen-bond acceptors (Lipinski definition) is 5. The molecule has 2 atom stereocenters. The second-order valence-electron chi connectivity index (χ2n) is 4.79. The van der Waals surface area contributed by atoms with Gasteiger partial charge in [0.2, 0.25) is 0 Å². The highest BCUT2D eigenvalue weighted by Gasteiger charge is 2.55. The van der Waals surface area contributed by atoms with Crippen molar-refractivity contribution in [3.8, 4) is 0 Å². The molecule has 114 valence electrons. The van der Waals surface area contributed by atoms with E-state index in [4.69, 9.17) is 23.7 Å². The van der Waals surface area contributed by atoms with Crippen LogP contribution in [0.1, 0.15) is 47.0 Å². The average molecular weight is 291 g/mol. The van der Waals surface area contributed by atoms with E-state index in [1.54, 1.807) is 0 Å². The van der Waals surface area contributed by atoms with Crippen LogP contribution < -0.4 is 5.73 Å². The van der Waals surface area contributed by atoms with Gasteiger partial charge in [-0.3, -0.25) is 0 Å². The molecule has 1 aliphatic heterocycles. The lowest BCUT2D eigenvalue weighted by Crippen LogP contribution is -2.65. The highest BCUT2D eigenvalue weighted by Crippen LogP contribution is 2.38. The van der Waals surface area contributed by atoms with Crippen molar-refractivity contribution in [2.24, 2.45) is 5.73 Å². The molecule has 0 spiro atoms. The van der Waals surface area contributed by atoms with Gasteiger partial charge in [-0.2, -0.15) is 0 Å². The fourth-order valence-corrected chi connectivity index (χ4v) is 5.64. The van der Waals surface area contributed by atoms with Crippen LogP contribution in [0.4, 0.5) is 0 Å². The Labute approximate surface area is 118 Å². The first-order valence-corrected chi connectivity index (χ1v) is 9.38. The zero-order valence-electron chi connectivity index (χ0n) is 12.7. The van der Waals surface area contributed by atoms with Crippen molar-refractivity contribution in [2.45, 2.75) is 64.8 Å². The van der Waals surface area contributed by atoms with Gasteiger partial charge in [0, 0.05) is 32.3 Å². The van der Waals surface area contributed by atoms with Gasteiger partial charge in [0.05, 0.1) is 6.04 Å². The normalized spacial score (nSPS) is 30.5. The topological polar surface area (TPSA) is 62.9 Å². The van der Waals surface area contributed by atoms with Crippen LogP contribution in [0.5, 0.6) is 0 Å². The van der Waals surface area contributed by atoms with E-state index in [0.717, 1.165) is 25.3 Å². The quantitative estimate of drug-likeness (QED) is 0.695. The van der Waals surface area contributed by atoms with Crippen LogP contribution in [0.3, 0.4) is 0 Å². The van der Waals surface area contributed by atoms with Crippen LogP contribution in [0.2, 0.25) is 6.04 Å². The summed E-state index contributed by atoms with van der Waals surface area (Å²) in [7, 11) is -2.64. The summed E-state index contributed by atoms with van der Waals surface area (Å²) < 4.78 is 23.9. The number of rotatable bonds is 8. The highest BCUT2D eigenvalue weighted by atomic mass is 28.4. The Hall–Kier alpha value is 0.0169. The van der Waals surface area contributed by atoms with E-state index < -0.39 is 14.6 Å². The van der Waals surface area contributed by atoms with Gasteiger partial charge in [-0.25, -0.2) is 0 Å². The van der Waals surface area contributed by atoms with E-state index in [-0.39, 0.29) is 6.04 Å². The van der Waals surface area contributed by atoms with Crippen LogP contribution in [0.15, 0.2) is 0 Å². The second-order valence-corrected chi connectivity index (χ2v) is 7.44. The lowest BCUT2D eigenvalue weighted by molar-refractivity contribution is -0.235. The molecule has 0 aliphatic carbocycles. The van der Waals surface area contributed by atoms with Crippen molar-refractivity contribution in [3.05, 3.63) is 0 Å². The van der Waals surface area contributed by atoms with Crippen molar-refractivity contribution in [1.29, 1.82) is 0 Å². The molecule has 0 aromatic rings. The summed E-state index contributed by atoms with van der Waals surface area (Å²) in [6.07, 6.45) is 2.56. The first kappa shape index (κ1) is 17.1. The minimum atomic E-state index is -2.64. The molecule has 1 saturated heterocycles. The average Bonchev–Trinajstić information content (AvgIpc) is 2.36. The van der Waals surface area contributed by atoms with Crippen LogP contribution in [0.25, 0.3) is 0 Å². The third-order valence-electron chi connectivity index (χ3n) is 3.37. The van der Waals surface area contributed by atoms with Crippen molar-refractivity contribution in [3.63, 3.8) is 0 Å². The Morgan fingerprint density at radius 1 is 1.16 bits per heavy atom. The zero-order chi connectivity index (χ0) is 14.4. The predicted molar refractivity (Wildman–Crippen MR) is 76.8 cm³/mol. The Balaban J connectivity index is 2.93. The van der Waals surface area contributed by atoms with Gasteiger partial charge in [0.1, 0.15) is 0 Å². The maximum absolute atomic E-state index is 6.28. The molecule has 2 N–H and O–H groups in total. The molecule has 1 rings (SSSR count). The first-order valence-electron chi connectivity index (χ1n) is 7.45. The maximum Gasteiger partial charge on any atom is 0.503 e. The van der Waals surface area contributed by atoms with Crippen molar-refractivity contribution >= 4 is 8.80 Å². The van der Waals surface area contributed by atoms with E-state index >= 15 is 0 Å². The van der Waals surface area contributed by atoms with Gasteiger partial charge in [0.25, 0.3) is 0 Å². The molecule has 19 heavy (non-hydrogen) atoms. The van der Waals surface area contributed by atoms with Gasteiger partial charge in [-0.15, -0.1) is 0 Å². The monoisotopic (exact) mass is 291 g/mol. The predicted octanol–water partition coefficient (Wildman–Crippen LogP) is 2.28. The van der Waals surface area contributed by atoms with E-state index in [1.807, 2.05) is 20.8 Å². The summed E-state index contributed by atoms with van der Waals surface area (Å²) in [6.45, 7) is 9.77. The van der Waals surface area contributed by atoms with E-state index in [2.05, 4.69) is 6.92 Å². The molecule has 6 heteroatoms. The summed E-state index contributed by atoms with van der Waals surface area (Å²) in [4.78, 5) is 0. The zero-order valence-corrected chi connectivity index (χ0v) is 13.7. The molecule has 1 aliphatic rings. The second kappa shape index (κ2) is 7.71. The van der Waals surface area contributed by atoms with Crippen molar-refractivity contribution in [1.82, 2.24) is 0 Å². The molecule has 1 heterocycles. The minimum absolute atomic E-state index is 0.117. The van der Waals surface area contributed by atoms with Gasteiger partial charge in [-0.1, -0.05) is 13.3 Å². The Morgan fingerprint density at radius 2 is 1.79 bits per heavy atom. The van der Waals surface area contributed by atoms with Crippen molar-refractivity contribution < 1.29 is 18.0 Å². The molecule has 0 aromatic heterocycles. The largest absolute Gasteiger partial charge is 0.503 e. The molecule has 0 bridgehead atoms. The first-order chi connectivity index (χ1) is 9.08. The van der Waals surface area contributed by atoms with Gasteiger partial charge in [0.15, 0.2) is 5.79 Å². The third-order valence-corrected chi connectivity index (χ3v) is 6.38. The smallest absolute Gasteiger partial charge is 0.374 e. The summed E-state index contributed by atoms with van der Waals surface area (Å²) in [6, 6.07) is 0.655. The molecule has 5 nitrogen and oxygen atoms in total. The minimum Gasteiger partial charge on any atom is -0.374 e. The SMILES string of the molecule is CCCC1(OCC)O[Si](OCC)(OCC)CCC1N. The van der Waals surface area contributed by atoms with Gasteiger partial charge in [-0.05, 0) is 27.2 Å². The van der Waals surface area contributed by atoms with Crippen LogP contribution in [0, 0.1) is 0 Å². The standard InChI is InChI=1S/C13H29NO4Si/c1-5-10-13(15-6-2)12(14)9-11-19(18-13,16-7-3)17-8-4/h12H,5-11,14H2,1-4H3. The van der Waals surface area contributed by atoms with Crippen LogP contribution in [-0.4, -0.2) is 40.5 Å². The summed E-state index contributed by atoms with van der Waals surface area (Å²) in [5.74, 6) is -0.738. The Bertz CT molecular complexity index is 253. The van der Waals surface area contributed by atoms with Gasteiger partial charge >= 0.3 is 8.80 Å². The van der Waals surface area contributed by atoms with Gasteiger partial charge < -0.3 is 23.7 Å². The Morgan fingerprint density at radius 3 is 2.26 bits per heavy atom. The molecule has 0 aromatic carbocycles. The molecule has 0 amide bonds. The lowest BCUT2D eigenvalue weighted by atomic mass is 10.00. The maximum atomic E-state index is 6.28. The summed E-state index contributed by atoms with van der Waals surface area (Å²) in [5, 5.41) is 0. The fourth-order valence-electron chi connectivity index (χ4n) is 2.66. The fraction of sp³-hybridized carbons (Fsp3) is 1.00. The Kier molecular flexibility index (Phi) is 6.92. The number of hydrogen-bond donors (Lipinski definition) is 1. The number of ether oxygens (including phenoxy) is 1. The third kappa shape index (κ3) is 3.99. The molecule has 2 unspecified atom stereocenters. The highest BCUT2D eigenvalue weighted by molar-refractivity contribution is 6.61. The molecule has 1 fully saturated rings. The molecule has 0 radical (unpaired) electrons. The van der Waals surface area contributed by atoms with Crippen LogP contribution >= 0.6 is 0 Å². The summed E-state index contributed by atoms with van der Waals surface area (Å²) >= 11 is 0. The van der Waals surface area contributed by atoms with E-state index in [9.17, 15) is 0 Å². The van der Waals surface area contributed by atoms with Crippen LogP contribution in [-0.2, 0) is 18.0 Å². The van der Waals surface area contributed by atoms with E-state index in [1.165, 1.54) is 0 Å². The molecular formula is C13H29NO4Si. The lowest BCUT2D eigenvalue weighted by Gasteiger charge is -2.48. The molecule has 0 saturated carbocycles. The van der Waals surface area contributed by atoms with E-state index in [0.29, 0.717) is 19.8 Å². The summed E-state index contributed by atoms with van der Waals surface area (Å²) in [5.41, 5.74) is 6.26. The van der Waals surface area contributed by atoms with Crippen molar-refractivity contribution in [2.75, 3.05) is 19.8 Å². The molecular weight excluding hydrogens is 262 g/mol. The number of nitrogens with two attached hydrogens (primary N) is 1.